The minimum Gasteiger partial charge on any atom is -0.378 e. The molecular formula is C21H28ClN4O2+. The van der Waals surface area contributed by atoms with Crippen molar-refractivity contribution in [3.8, 4) is 0 Å². The molecule has 0 aromatic heterocycles. The second-order valence-electron chi connectivity index (χ2n) is 7.15. The van der Waals surface area contributed by atoms with Crippen molar-refractivity contribution in [3.05, 3.63) is 59.1 Å². The van der Waals surface area contributed by atoms with Crippen LogP contribution in [0.1, 0.15) is 11.6 Å². The van der Waals surface area contributed by atoms with Crippen LogP contribution < -0.4 is 20.4 Å². The molecule has 0 bridgehead atoms. The maximum absolute atomic E-state index is 12.4. The topological polar surface area (TPSA) is 58.0 Å². The lowest BCUT2D eigenvalue weighted by molar-refractivity contribution is -0.937. The summed E-state index contributed by atoms with van der Waals surface area (Å²) in [5.41, 5.74) is 3.05. The molecule has 3 N–H and O–H groups in total. The van der Waals surface area contributed by atoms with Crippen LogP contribution in [0, 0.1) is 0 Å². The number of nitrogens with zero attached hydrogens (tertiary/aromatic N) is 1. The Bertz CT molecular complexity index is 776. The zero-order chi connectivity index (χ0) is 19.9. The third-order valence-electron chi connectivity index (χ3n) is 4.99. The Hall–Kier alpha value is -2.28. The number of amides is 2. The van der Waals surface area contributed by atoms with Crippen LogP contribution in [0.4, 0.5) is 16.2 Å². The van der Waals surface area contributed by atoms with E-state index in [1.807, 2.05) is 26.2 Å². The van der Waals surface area contributed by atoms with Crippen molar-refractivity contribution in [1.82, 2.24) is 5.32 Å². The van der Waals surface area contributed by atoms with Crippen LogP contribution in [0.25, 0.3) is 0 Å². The number of hydrogen-bond acceptors (Lipinski definition) is 3. The summed E-state index contributed by atoms with van der Waals surface area (Å²) in [6.45, 7) is 3.89. The number of ether oxygens (including phenoxy) is 1. The van der Waals surface area contributed by atoms with E-state index in [4.69, 9.17) is 16.3 Å². The van der Waals surface area contributed by atoms with Gasteiger partial charge in [-0.05, 0) is 30.3 Å². The van der Waals surface area contributed by atoms with E-state index in [0.29, 0.717) is 17.3 Å². The fraction of sp³-hybridized carbons (Fsp3) is 0.381. The molecule has 2 amide bonds. The number of morpholine rings is 1. The quantitative estimate of drug-likeness (QED) is 0.693. The van der Waals surface area contributed by atoms with Gasteiger partial charge in [0.05, 0.1) is 19.8 Å². The summed E-state index contributed by atoms with van der Waals surface area (Å²) in [6.07, 6.45) is 0. The van der Waals surface area contributed by atoms with Gasteiger partial charge in [-0.2, -0.15) is 0 Å². The Morgan fingerprint density at radius 1 is 1.18 bits per heavy atom. The van der Waals surface area contributed by atoms with E-state index >= 15 is 0 Å². The van der Waals surface area contributed by atoms with Crippen molar-refractivity contribution in [3.63, 3.8) is 0 Å². The molecule has 7 heteroatoms. The van der Waals surface area contributed by atoms with E-state index in [2.05, 4.69) is 39.8 Å². The Balaban J connectivity index is 1.67. The summed E-state index contributed by atoms with van der Waals surface area (Å²) in [7, 11) is 4.06. The first kappa shape index (κ1) is 20.5. The number of hydrogen-bond donors (Lipinski definition) is 3. The summed E-state index contributed by atoms with van der Waals surface area (Å²) in [5.74, 6) is 0. The largest absolute Gasteiger partial charge is 0.378 e. The van der Waals surface area contributed by atoms with Crippen LogP contribution in [0.3, 0.4) is 0 Å². The van der Waals surface area contributed by atoms with Gasteiger partial charge in [0.25, 0.3) is 0 Å². The molecule has 2 aromatic rings. The van der Waals surface area contributed by atoms with Crippen molar-refractivity contribution < 1.29 is 14.4 Å². The van der Waals surface area contributed by atoms with Crippen LogP contribution in [0.2, 0.25) is 5.02 Å². The van der Waals surface area contributed by atoms with Gasteiger partial charge >= 0.3 is 6.03 Å². The molecule has 0 aliphatic carbocycles. The van der Waals surface area contributed by atoms with Gasteiger partial charge in [0, 0.05) is 36.1 Å². The minimum atomic E-state index is -0.232. The highest BCUT2D eigenvalue weighted by molar-refractivity contribution is 6.30. The molecule has 28 heavy (non-hydrogen) atoms. The van der Waals surface area contributed by atoms with Gasteiger partial charge in [-0.25, -0.2) is 4.79 Å². The average Bonchev–Trinajstić information content (AvgIpc) is 2.69. The Kier molecular flexibility index (Phi) is 7.14. The van der Waals surface area contributed by atoms with E-state index < -0.39 is 0 Å². The van der Waals surface area contributed by atoms with E-state index in [1.54, 1.807) is 12.1 Å². The maximum Gasteiger partial charge on any atom is 0.319 e. The number of urea groups is 1. The number of benzene rings is 2. The summed E-state index contributed by atoms with van der Waals surface area (Å²) >= 11 is 5.98. The number of carbonyl (C=O) groups excluding carboxylic acids is 1. The van der Waals surface area contributed by atoms with Gasteiger partial charge in [-0.3, -0.25) is 0 Å². The lowest BCUT2D eigenvalue weighted by Crippen LogP contribution is -3.15. The third kappa shape index (κ3) is 5.61. The standard InChI is InChI=1S/C21H27ClN4O2/c1-25(2)19-8-6-16(7-9-19)20(26-10-12-28-13-11-26)15-23-21(27)24-18-5-3-4-17(22)14-18/h3-9,14,20H,10-13,15H2,1-2H3,(H2,23,24,27)/p+1/t20-/m1/s1. The Morgan fingerprint density at radius 2 is 1.89 bits per heavy atom. The first-order valence-electron chi connectivity index (χ1n) is 9.53. The van der Waals surface area contributed by atoms with Crippen molar-refractivity contribution in [1.29, 1.82) is 0 Å². The fourth-order valence-electron chi connectivity index (χ4n) is 3.42. The minimum absolute atomic E-state index is 0.172. The number of rotatable bonds is 6. The highest BCUT2D eigenvalue weighted by atomic mass is 35.5. The van der Waals surface area contributed by atoms with Crippen LogP contribution in [0.5, 0.6) is 0 Å². The lowest BCUT2D eigenvalue weighted by Gasteiger charge is -2.32. The normalized spacial score (nSPS) is 15.7. The summed E-state index contributed by atoms with van der Waals surface area (Å²) in [5, 5.41) is 6.45. The second-order valence-corrected chi connectivity index (χ2v) is 7.59. The highest BCUT2D eigenvalue weighted by Gasteiger charge is 2.27. The van der Waals surface area contributed by atoms with Gasteiger partial charge in [0.1, 0.15) is 19.1 Å². The van der Waals surface area contributed by atoms with Crippen LogP contribution >= 0.6 is 11.6 Å². The number of nitrogens with one attached hydrogen (secondary N) is 3. The molecule has 1 aliphatic heterocycles. The molecule has 0 spiro atoms. The Labute approximate surface area is 171 Å². The van der Waals surface area contributed by atoms with E-state index in [9.17, 15) is 4.79 Å². The van der Waals surface area contributed by atoms with E-state index in [1.165, 1.54) is 10.5 Å². The lowest BCUT2D eigenvalue weighted by atomic mass is 10.0. The number of anilines is 2. The predicted octanol–water partition coefficient (Wildman–Crippen LogP) is 2.18. The predicted molar refractivity (Wildman–Crippen MR) is 113 cm³/mol. The molecule has 2 aromatic carbocycles. The van der Waals surface area contributed by atoms with Crippen molar-refractivity contribution in [2.75, 3.05) is 57.2 Å². The second kappa shape index (κ2) is 9.78. The highest BCUT2D eigenvalue weighted by Crippen LogP contribution is 2.17. The van der Waals surface area contributed by atoms with Gasteiger partial charge in [-0.1, -0.05) is 29.8 Å². The van der Waals surface area contributed by atoms with Gasteiger partial charge in [0.15, 0.2) is 0 Å². The monoisotopic (exact) mass is 403 g/mol. The molecule has 1 atom stereocenters. The maximum atomic E-state index is 12.4. The molecule has 1 aliphatic rings. The molecule has 6 nitrogen and oxygen atoms in total. The summed E-state index contributed by atoms with van der Waals surface area (Å²) < 4.78 is 5.51. The molecule has 1 heterocycles. The molecule has 0 unspecified atom stereocenters. The van der Waals surface area contributed by atoms with Crippen molar-refractivity contribution >= 4 is 29.0 Å². The smallest absolute Gasteiger partial charge is 0.319 e. The molecular weight excluding hydrogens is 376 g/mol. The molecule has 1 fully saturated rings. The number of quaternary nitrogens is 1. The molecule has 0 saturated carbocycles. The van der Waals surface area contributed by atoms with Crippen LogP contribution in [-0.2, 0) is 4.74 Å². The summed E-state index contributed by atoms with van der Waals surface area (Å²) in [4.78, 5) is 15.9. The van der Waals surface area contributed by atoms with Crippen LogP contribution in [0.15, 0.2) is 48.5 Å². The first-order valence-corrected chi connectivity index (χ1v) is 9.91. The SMILES string of the molecule is CN(C)c1ccc([C@@H](CNC(=O)Nc2cccc(Cl)c2)[NH+]2CCOCC2)cc1. The van der Waals surface area contributed by atoms with Gasteiger partial charge in [-0.15, -0.1) is 0 Å². The van der Waals surface area contributed by atoms with Crippen molar-refractivity contribution in [2.24, 2.45) is 0 Å². The van der Waals surface area contributed by atoms with Gasteiger partial charge in [0.2, 0.25) is 0 Å². The molecule has 150 valence electrons. The fourth-order valence-corrected chi connectivity index (χ4v) is 3.61. The Morgan fingerprint density at radius 3 is 2.54 bits per heavy atom. The van der Waals surface area contributed by atoms with Crippen molar-refractivity contribution in [2.45, 2.75) is 6.04 Å². The zero-order valence-electron chi connectivity index (χ0n) is 16.4. The molecule has 1 saturated heterocycles. The van der Waals surface area contributed by atoms with Gasteiger partial charge < -0.3 is 25.2 Å². The van der Waals surface area contributed by atoms with E-state index in [-0.39, 0.29) is 12.1 Å². The molecule has 0 radical (unpaired) electrons. The number of carbonyl (C=O) groups is 1. The molecule has 3 rings (SSSR count). The summed E-state index contributed by atoms with van der Waals surface area (Å²) in [6, 6.07) is 15.6. The average molecular weight is 404 g/mol. The first-order chi connectivity index (χ1) is 13.5. The van der Waals surface area contributed by atoms with Crippen LogP contribution in [-0.4, -0.2) is 53.0 Å². The third-order valence-corrected chi connectivity index (χ3v) is 5.22. The number of halogens is 1. The van der Waals surface area contributed by atoms with E-state index in [0.717, 1.165) is 32.0 Å². The zero-order valence-corrected chi connectivity index (χ0v) is 17.1.